The number of hydrogen-bond donors (Lipinski definition) is 0. The fourth-order valence-electron chi connectivity index (χ4n) is 16.9. The van der Waals surface area contributed by atoms with Crippen molar-refractivity contribution in [2.75, 3.05) is 13.2 Å². The van der Waals surface area contributed by atoms with E-state index in [0.717, 1.165) is 62.9 Å². The lowest BCUT2D eigenvalue weighted by molar-refractivity contribution is 0.00601. The van der Waals surface area contributed by atoms with E-state index in [1.807, 2.05) is 0 Å². The molecule has 2 aliphatic rings. The molecule has 0 amide bonds. The molecule has 2 aromatic rings. The number of benzene rings is 2. The molecule has 2 aliphatic carbocycles. The number of rotatable bonds is 76. The summed E-state index contributed by atoms with van der Waals surface area (Å²) in [4.78, 5) is 0. The zero-order valence-corrected chi connectivity index (χ0v) is 71.5. The van der Waals surface area contributed by atoms with Crippen LogP contribution < -0.4 is 9.05 Å². The molecule has 4 rings (SSSR count). The van der Waals surface area contributed by atoms with Crippen molar-refractivity contribution in [2.45, 2.75) is 503 Å². The van der Waals surface area contributed by atoms with Crippen LogP contribution in [0.25, 0.3) is 0 Å². The zero-order valence-electron chi connectivity index (χ0n) is 69.7. The van der Waals surface area contributed by atoms with Crippen molar-refractivity contribution in [1.29, 1.82) is 0 Å². The van der Waals surface area contributed by atoms with E-state index in [2.05, 4.69) is 90.1 Å². The van der Waals surface area contributed by atoms with E-state index in [0.29, 0.717) is 25.0 Å². The Hall–Kier alpha value is -1.26. The Morgan fingerprint density at radius 1 is 0.272 bits per heavy atom. The second kappa shape index (κ2) is 68.7. The van der Waals surface area contributed by atoms with Crippen LogP contribution in [0.5, 0.6) is 11.5 Å². The Kier molecular flexibility index (Phi) is 62.8. The SMILES string of the molecule is CCCCCCCCCCCCCCCCCOP(Oc1cccc(CCCCCCCCCCCCCCCCC)c1)OC1CCC(C(C)(C)C2CCC(OP(OCCCCCCCCCCCCCCCCC)Oc3cccc(CCCCCCCCCCCCCCCCC)c3)CC2)CC1. The highest BCUT2D eigenvalue weighted by Crippen LogP contribution is 2.53. The highest BCUT2D eigenvalue weighted by atomic mass is 31.2. The first-order valence-corrected chi connectivity index (χ1v) is 48.8. The van der Waals surface area contributed by atoms with Gasteiger partial charge < -0.3 is 18.1 Å². The minimum atomic E-state index is -1.49. The molecule has 0 aromatic heterocycles. The summed E-state index contributed by atoms with van der Waals surface area (Å²) >= 11 is 0. The zero-order chi connectivity index (χ0) is 73.1. The molecule has 2 aromatic carbocycles. The molecule has 0 aliphatic heterocycles. The molecular formula is C95H174O6P2. The molecule has 2 fully saturated rings. The summed E-state index contributed by atoms with van der Waals surface area (Å²) < 4.78 is 40.9. The highest BCUT2D eigenvalue weighted by Gasteiger charge is 2.42. The Morgan fingerprint density at radius 3 is 0.718 bits per heavy atom. The summed E-state index contributed by atoms with van der Waals surface area (Å²) in [7, 11) is -2.98. The molecule has 0 saturated heterocycles. The van der Waals surface area contributed by atoms with Gasteiger partial charge in [-0.2, -0.15) is 0 Å². The molecule has 0 spiro atoms. The molecule has 600 valence electrons. The smallest absolute Gasteiger partial charge is 0.397 e. The maximum Gasteiger partial charge on any atom is 0.397 e. The van der Waals surface area contributed by atoms with Gasteiger partial charge in [0.1, 0.15) is 11.5 Å². The predicted octanol–water partition coefficient (Wildman–Crippen LogP) is 34.4. The Morgan fingerprint density at radius 2 is 0.485 bits per heavy atom. The number of aryl methyl sites for hydroxylation is 2. The van der Waals surface area contributed by atoms with Crippen LogP contribution in [0.3, 0.4) is 0 Å². The number of hydrogen-bond acceptors (Lipinski definition) is 6. The molecule has 6 nitrogen and oxygen atoms in total. The molecule has 0 bridgehead atoms. The van der Waals surface area contributed by atoms with Gasteiger partial charge in [-0.25, -0.2) is 0 Å². The molecule has 0 radical (unpaired) electrons. The predicted molar refractivity (Wildman–Crippen MR) is 454 cm³/mol. The van der Waals surface area contributed by atoms with Gasteiger partial charge >= 0.3 is 17.2 Å². The van der Waals surface area contributed by atoms with Crippen LogP contribution in [0.1, 0.15) is 489 Å². The summed E-state index contributed by atoms with van der Waals surface area (Å²) in [6.45, 7) is 15.9. The second-order valence-electron chi connectivity index (χ2n) is 33.9. The van der Waals surface area contributed by atoms with E-state index in [9.17, 15) is 0 Å². The molecule has 0 heterocycles. The van der Waals surface area contributed by atoms with E-state index in [4.69, 9.17) is 27.1 Å². The van der Waals surface area contributed by atoms with Crippen LogP contribution in [0.4, 0.5) is 0 Å². The lowest BCUT2D eigenvalue weighted by atomic mass is 9.60. The van der Waals surface area contributed by atoms with Crippen molar-refractivity contribution < 1.29 is 27.1 Å². The normalized spacial score (nSPS) is 17.1. The van der Waals surface area contributed by atoms with Gasteiger partial charge in [0.2, 0.25) is 0 Å². The van der Waals surface area contributed by atoms with E-state index >= 15 is 0 Å². The molecule has 103 heavy (non-hydrogen) atoms. The van der Waals surface area contributed by atoms with Gasteiger partial charge in [0.25, 0.3) is 0 Å². The first-order chi connectivity index (χ1) is 50.8. The monoisotopic (exact) mass is 1470 g/mol. The summed E-state index contributed by atoms with van der Waals surface area (Å²) in [6.07, 6.45) is 94.7. The van der Waals surface area contributed by atoms with Gasteiger partial charge in [0, 0.05) is 0 Å². The number of unbranched alkanes of at least 4 members (excludes halogenated alkanes) is 56. The van der Waals surface area contributed by atoms with Crippen LogP contribution in [0.15, 0.2) is 48.5 Å². The average Bonchev–Trinajstić information content (AvgIpc) is 0.804. The van der Waals surface area contributed by atoms with Crippen LogP contribution in [0, 0.1) is 17.3 Å². The molecule has 2 atom stereocenters. The Bertz CT molecular complexity index is 1940. The summed E-state index contributed by atoms with van der Waals surface area (Å²) in [5.74, 6) is 3.19. The van der Waals surface area contributed by atoms with E-state index in [1.165, 1.54) is 409 Å². The minimum absolute atomic E-state index is 0.176. The van der Waals surface area contributed by atoms with Gasteiger partial charge in [-0.05, 0) is 143 Å². The van der Waals surface area contributed by atoms with Gasteiger partial charge in [-0.1, -0.05) is 425 Å². The average molecular weight is 1470 g/mol. The Balaban J connectivity index is 1.22. The third-order valence-electron chi connectivity index (χ3n) is 24.1. The van der Waals surface area contributed by atoms with Crippen LogP contribution in [-0.2, 0) is 30.9 Å². The van der Waals surface area contributed by atoms with Crippen molar-refractivity contribution in [3.05, 3.63) is 59.7 Å². The van der Waals surface area contributed by atoms with Gasteiger partial charge in [-0.15, -0.1) is 0 Å². The van der Waals surface area contributed by atoms with Crippen molar-refractivity contribution in [2.24, 2.45) is 17.3 Å². The van der Waals surface area contributed by atoms with E-state index < -0.39 is 17.2 Å². The van der Waals surface area contributed by atoms with Crippen molar-refractivity contribution in [1.82, 2.24) is 0 Å². The van der Waals surface area contributed by atoms with Gasteiger partial charge in [0.05, 0.1) is 25.4 Å². The van der Waals surface area contributed by atoms with Crippen LogP contribution in [0.2, 0.25) is 0 Å². The molecule has 8 heteroatoms. The summed E-state index contributed by atoms with van der Waals surface area (Å²) in [5.41, 5.74) is 3.01. The van der Waals surface area contributed by atoms with E-state index in [-0.39, 0.29) is 17.6 Å². The maximum atomic E-state index is 6.98. The van der Waals surface area contributed by atoms with Gasteiger partial charge in [0.15, 0.2) is 0 Å². The second-order valence-corrected chi connectivity index (χ2v) is 36.1. The maximum absolute atomic E-state index is 6.98. The van der Waals surface area contributed by atoms with Crippen molar-refractivity contribution >= 4 is 17.2 Å². The van der Waals surface area contributed by atoms with Crippen molar-refractivity contribution in [3.63, 3.8) is 0 Å². The fourth-order valence-corrected chi connectivity index (χ4v) is 19.2. The standard InChI is InChI=1S/C95H174O6P2/c1-7-11-15-19-23-27-31-35-39-43-47-51-55-59-63-69-87-71-67-73-93(85-87)100-102(96-83-65-61-57-53-49-45-41-37-33-29-25-21-17-13-9-3)98-91-79-75-89(76-80-91)95(5,6)90-77-81-92(82-78-90)99-103(97-84-66-62-58-54-50-46-42-38-34-30-26-22-18-14-10-4)101-94-74-68-72-88(86-94)70-64-60-56-52-48-44-40-36-32-28-24-20-16-12-8-2/h67-68,71-74,85-86,89-92H,7-66,69-70,75-84H2,1-6H3. The van der Waals surface area contributed by atoms with Crippen LogP contribution in [-0.4, -0.2) is 25.4 Å². The molecule has 0 N–H and O–H groups in total. The topological polar surface area (TPSA) is 55.4 Å². The molecule has 2 unspecified atom stereocenters. The third-order valence-corrected chi connectivity index (χ3v) is 26.6. The Labute approximate surface area is 645 Å². The van der Waals surface area contributed by atoms with E-state index in [1.54, 1.807) is 0 Å². The molecule has 2 saturated carbocycles. The van der Waals surface area contributed by atoms with Crippen molar-refractivity contribution in [3.8, 4) is 11.5 Å². The fraction of sp³-hybridized carbons (Fsp3) is 0.874. The lowest BCUT2D eigenvalue weighted by Gasteiger charge is -2.46. The quantitative estimate of drug-likeness (QED) is 0.0486. The highest BCUT2D eigenvalue weighted by molar-refractivity contribution is 7.42. The largest absolute Gasteiger partial charge is 0.427 e. The summed E-state index contributed by atoms with van der Waals surface area (Å²) in [5, 5.41) is 0. The third kappa shape index (κ3) is 52.5. The minimum Gasteiger partial charge on any atom is -0.427 e. The molecular weight excluding hydrogens is 1300 g/mol. The first-order valence-electron chi connectivity index (χ1n) is 46.6. The first kappa shape index (κ1) is 94.1. The van der Waals surface area contributed by atoms with Crippen LogP contribution >= 0.6 is 17.2 Å². The van der Waals surface area contributed by atoms with Gasteiger partial charge in [-0.3, -0.25) is 9.05 Å². The lowest BCUT2D eigenvalue weighted by Crippen LogP contribution is -2.38. The summed E-state index contributed by atoms with van der Waals surface area (Å²) in [6, 6.07) is 17.8.